The first-order chi connectivity index (χ1) is 17.4. The smallest absolute Gasteiger partial charge is 0.240 e. The van der Waals surface area contributed by atoms with Crippen LogP contribution in [-0.2, 0) is 9.59 Å². The number of para-hydroxylation sites is 1. The van der Waals surface area contributed by atoms with E-state index in [0.717, 1.165) is 16.2 Å². The molecule has 36 heavy (non-hydrogen) atoms. The first-order valence-corrected chi connectivity index (χ1v) is 12.3. The maximum atomic E-state index is 14.1. The Balaban J connectivity index is 1.48. The molecule has 2 saturated heterocycles. The fourth-order valence-electron chi connectivity index (χ4n) is 5.65. The molecule has 2 amide bonds. The molecule has 0 aliphatic carbocycles. The molecule has 4 atom stereocenters. The summed E-state index contributed by atoms with van der Waals surface area (Å²) in [6.07, 6.45) is 3.83. The summed E-state index contributed by atoms with van der Waals surface area (Å²) in [5.41, 5.74) is 2.42. The maximum Gasteiger partial charge on any atom is 0.240 e. The number of halogens is 2. The van der Waals surface area contributed by atoms with Gasteiger partial charge < -0.3 is 9.64 Å². The Hall–Kier alpha value is -3.78. The van der Waals surface area contributed by atoms with E-state index in [-0.39, 0.29) is 11.7 Å². The minimum absolute atomic E-state index is 0.261. The van der Waals surface area contributed by atoms with Gasteiger partial charge in [0.05, 0.1) is 35.1 Å². The van der Waals surface area contributed by atoms with Crippen molar-refractivity contribution in [2.24, 2.45) is 11.8 Å². The van der Waals surface area contributed by atoms with Crippen molar-refractivity contribution in [2.45, 2.75) is 12.1 Å². The zero-order chi connectivity index (χ0) is 25.1. The number of anilines is 2. The number of carbonyl (C=O) groups excluding carboxylic acids is 3. The number of hydrogen-bond acceptors (Lipinski definition) is 5. The molecule has 8 heteroatoms. The minimum atomic E-state index is -0.895. The fourth-order valence-corrected chi connectivity index (χ4v) is 6.19. The van der Waals surface area contributed by atoms with Gasteiger partial charge in [-0.1, -0.05) is 30.4 Å². The van der Waals surface area contributed by atoms with Gasteiger partial charge in [-0.2, -0.15) is 0 Å². The Morgan fingerprint density at radius 1 is 0.972 bits per heavy atom. The van der Waals surface area contributed by atoms with E-state index in [1.165, 1.54) is 31.4 Å². The molecule has 0 N–H and O–H groups in total. The Morgan fingerprint density at radius 3 is 2.42 bits per heavy atom. The Morgan fingerprint density at radius 2 is 1.69 bits per heavy atom. The number of fused-ring (bicyclic) bond motifs is 5. The molecule has 3 aromatic carbocycles. The molecule has 3 aliphatic rings. The number of imide groups is 1. The van der Waals surface area contributed by atoms with Crippen LogP contribution in [0.2, 0.25) is 0 Å². The summed E-state index contributed by atoms with van der Waals surface area (Å²) in [5, 5.41) is 0. The van der Waals surface area contributed by atoms with Crippen molar-refractivity contribution in [2.75, 3.05) is 16.9 Å². The molecule has 0 bridgehead atoms. The Bertz CT molecular complexity index is 1450. The van der Waals surface area contributed by atoms with Crippen molar-refractivity contribution in [1.82, 2.24) is 0 Å². The van der Waals surface area contributed by atoms with Crippen molar-refractivity contribution in [3.63, 3.8) is 0 Å². The van der Waals surface area contributed by atoms with Gasteiger partial charge >= 0.3 is 0 Å². The second-order valence-electron chi connectivity index (χ2n) is 9.01. The quantitative estimate of drug-likeness (QED) is 0.345. The van der Waals surface area contributed by atoms with Crippen LogP contribution in [0.4, 0.5) is 15.8 Å². The van der Waals surface area contributed by atoms with Crippen LogP contribution in [0.5, 0.6) is 5.75 Å². The van der Waals surface area contributed by atoms with Gasteiger partial charge in [0.1, 0.15) is 17.6 Å². The number of methoxy groups -OCH3 is 1. The molecular formula is C28H20BrFN2O4. The van der Waals surface area contributed by atoms with Crippen molar-refractivity contribution in [1.29, 1.82) is 0 Å². The summed E-state index contributed by atoms with van der Waals surface area (Å²) in [6, 6.07) is 16.5. The largest absolute Gasteiger partial charge is 0.496 e. The van der Waals surface area contributed by atoms with E-state index in [1.54, 1.807) is 18.2 Å². The summed E-state index contributed by atoms with van der Waals surface area (Å²) in [7, 11) is 1.54. The van der Waals surface area contributed by atoms with Crippen molar-refractivity contribution in [3.8, 4) is 5.75 Å². The molecule has 2 fully saturated rings. The summed E-state index contributed by atoms with van der Waals surface area (Å²) in [6.45, 7) is 0. The van der Waals surface area contributed by atoms with Crippen LogP contribution in [0.15, 0.2) is 77.3 Å². The van der Waals surface area contributed by atoms with Gasteiger partial charge in [0.15, 0.2) is 5.78 Å². The van der Waals surface area contributed by atoms with Gasteiger partial charge in [-0.25, -0.2) is 9.29 Å². The van der Waals surface area contributed by atoms with Crippen LogP contribution < -0.4 is 14.5 Å². The van der Waals surface area contributed by atoms with Gasteiger partial charge in [0, 0.05) is 11.3 Å². The first kappa shape index (κ1) is 22.7. The third kappa shape index (κ3) is 3.24. The lowest BCUT2D eigenvalue weighted by Gasteiger charge is -2.36. The Labute approximate surface area is 215 Å². The lowest BCUT2D eigenvalue weighted by molar-refractivity contribution is -0.122. The zero-order valence-electron chi connectivity index (χ0n) is 19.1. The third-order valence-corrected chi connectivity index (χ3v) is 7.82. The molecular weight excluding hydrogens is 527 g/mol. The lowest BCUT2D eigenvalue weighted by atomic mass is 9.86. The molecule has 0 unspecified atom stereocenters. The highest BCUT2D eigenvalue weighted by Crippen LogP contribution is 2.50. The molecule has 0 spiro atoms. The van der Waals surface area contributed by atoms with Crippen LogP contribution in [0, 0.1) is 17.7 Å². The first-order valence-electron chi connectivity index (χ1n) is 11.5. The number of hydrogen-bond donors (Lipinski definition) is 0. The van der Waals surface area contributed by atoms with E-state index in [9.17, 15) is 18.8 Å². The molecule has 0 radical (unpaired) electrons. The van der Waals surface area contributed by atoms with Crippen LogP contribution in [0.1, 0.15) is 15.9 Å². The van der Waals surface area contributed by atoms with E-state index in [2.05, 4.69) is 15.9 Å². The van der Waals surface area contributed by atoms with Gasteiger partial charge in [-0.15, -0.1) is 0 Å². The van der Waals surface area contributed by atoms with Gasteiger partial charge in [0.2, 0.25) is 11.8 Å². The monoisotopic (exact) mass is 546 g/mol. The molecule has 180 valence electrons. The van der Waals surface area contributed by atoms with Crippen LogP contribution in [0.25, 0.3) is 6.08 Å². The van der Waals surface area contributed by atoms with E-state index in [4.69, 9.17) is 4.74 Å². The molecule has 3 aromatic rings. The number of Topliss-reactive ketones (excluding diaryl/α,β-unsaturated/α-hetero) is 1. The third-order valence-electron chi connectivity index (χ3n) is 7.20. The van der Waals surface area contributed by atoms with Crippen LogP contribution >= 0.6 is 15.9 Å². The summed E-state index contributed by atoms with van der Waals surface area (Å²) in [4.78, 5) is 44.6. The van der Waals surface area contributed by atoms with E-state index >= 15 is 0 Å². The standard InChI is InChI=1S/C28H20BrFN2O4/c1-36-22-13-7-16(14-19(22)29)26(33)25-24-23(21-12-6-15-4-2-3-5-20(15)32(21)25)27(34)31(28(24)35)18-10-8-17(30)9-11-18/h2-14,21,23-25H,1H3/t21-,23-,24-,25+/m1/s1. The van der Waals surface area contributed by atoms with Crippen LogP contribution in [0.3, 0.4) is 0 Å². The van der Waals surface area contributed by atoms with E-state index in [1.807, 2.05) is 41.3 Å². The van der Waals surface area contributed by atoms with E-state index in [0.29, 0.717) is 21.5 Å². The molecule has 3 aliphatic heterocycles. The SMILES string of the molecule is COc1ccc(C(=O)[C@@H]2[C@@H]3C(=O)N(c4ccc(F)cc4)C(=O)[C@@H]3[C@H]3C=Cc4ccccc4N32)cc1Br. The molecule has 6 nitrogen and oxygen atoms in total. The highest BCUT2D eigenvalue weighted by molar-refractivity contribution is 9.10. The highest BCUT2D eigenvalue weighted by Gasteiger charge is 2.64. The summed E-state index contributed by atoms with van der Waals surface area (Å²) < 4.78 is 19.5. The van der Waals surface area contributed by atoms with E-state index < -0.39 is 35.6 Å². The number of carbonyl (C=O) groups is 3. The molecule has 3 heterocycles. The number of amides is 2. The predicted molar refractivity (Wildman–Crippen MR) is 136 cm³/mol. The van der Waals surface area contributed by atoms with Crippen molar-refractivity contribution < 1.29 is 23.5 Å². The van der Waals surface area contributed by atoms with Crippen molar-refractivity contribution >= 4 is 51.0 Å². The second-order valence-corrected chi connectivity index (χ2v) is 9.87. The lowest BCUT2D eigenvalue weighted by Crippen LogP contribution is -2.48. The number of benzene rings is 3. The fraction of sp³-hybridized carbons (Fsp3) is 0.179. The van der Waals surface area contributed by atoms with Crippen LogP contribution in [-0.4, -0.2) is 36.8 Å². The van der Waals surface area contributed by atoms with Gasteiger partial charge in [0.25, 0.3) is 0 Å². The number of rotatable bonds is 4. The molecule has 6 rings (SSSR count). The van der Waals surface area contributed by atoms with Gasteiger partial charge in [-0.05, 0) is 70.0 Å². The predicted octanol–water partition coefficient (Wildman–Crippen LogP) is 4.87. The average Bonchev–Trinajstić information content (AvgIpc) is 3.37. The summed E-state index contributed by atoms with van der Waals surface area (Å²) >= 11 is 3.44. The zero-order valence-corrected chi connectivity index (χ0v) is 20.7. The number of ketones is 1. The second kappa shape index (κ2) is 8.41. The number of ether oxygens (including phenoxy) is 1. The molecule has 0 aromatic heterocycles. The minimum Gasteiger partial charge on any atom is -0.496 e. The normalized spacial score (nSPS) is 24.0. The number of nitrogens with zero attached hydrogens (tertiary/aromatic N) is 2. The van der Waals surface area contributed by atoms with Crippen molar-refractivity contribution in [3.05, 3.63) is 94.2 Å². The summed E-state index contributed by atoms with van der Waals surface area (Å²) in [5.74, 6) is -2.63. The highest BCUT2D eigenvalue weighted by atomic mass is 79.9. The Kier molecular flexibility index (Phi) is 5.30. The molecule has 0 saturated carbocycles. The average molecular weight is 547 g/mol. The maximum absolute atomic E-state index is 14.1. The topological polar surface area (TPSA) is 66.9 Å². The van der Waals surface area contributed by atoms with Gasteiger partial charge in [-0.3, -0.25) is 14.4 Å².